The van der Waals surface area contributed by atoms with Crippen molar-refractivity contribution in [3.05, 3.63) is 42.2 Å². The Labute approximate surface area is 119 Å². The number of anilines is 1. The molecule has 1 fully saturated rings. The fourth-order valence-electron chi connectivity index (χ4n) is 2.44. The van der Waals surface area contributed by atoms with Crippen LogP contribution >= 0.6 is 0 Å². The highest BCUT2D eigenvalue weighted by Crippen LogP contribution is 2.28. The molecule has 0 atom stereocenters. The van der Waals surface area contributed by atoms with Gasteiger partial charge >= 0.3 is 0 Å². The number of nitrogens with zero attached hydrogens (tertiary/aromatic N) is 3. The van der Waals surface area contributed by atoms with Crippen LogP contribution < -0.4 is 15.0 Å². The van der Waals surface area contributed by atoms with Gasteiger partial charge in [-0.15, -0.1) is 0 Å². The topological polar surface area (TPSA) is 42.3 Å². The van der Waals surface area contributed by atoms with Crippen LogP contribution in [0, 0.1) is 0 Å². The first kappa shape index (κ1) is 13.0. The predicted octanol–water partition coefficient (Wildman–Crippen LogP) is 1.41. The van der Waals surface area contributed by atoms with E-state index in [1.165, 1.54) is 5.69 Å². The van der Waals surface area contributed by atoms with E-state index >= 15 is 0 Å². The molecule has 2 aromatic rings. The number of piperazine rings is 1. The minimum Gasteiger partial charge on any atom is -0.485 e. The molecule has 106 valence electrons. The summed E-state index contributed by atoms with van der Waals surface area (Å²) in [6.45, 7) is 4.58. The van der Waals surface area contributed by atoms with Crippen molar-refractivity contribution >= 4 is 5.69 Å². The quantitative estimate of drug-likeness (QED) is 0.914. The van der Waals surface area contributed by atoms with Gasteiger partial charge in [-0.3, -0.25) is 4.68 Å². The average molecular weight is 272 g/mol. The Morgan fingerprint density at radius 3 is 2.75 bits per heavy atom. The van der Waals surface area contributed by atoms with Gasteiger partial charge in [0.1, 0.15) is 12.4 Å². The molecule has 0 amide bonds. The lowest BCUT2D eigenvalue weighted by Crippen LogP contribution is -2.43. The highest BCUT2D eigenvalue weighted by molar-refractivity contribution is 5.58. The minimum atomic E-state index is 0.504. The van der Waals surface area contributed by atoms with Gasteiger partial charge in [0.15, 0.2) is 0 Å². The summed E-state index contributed by atoms with van der Waals surface area (Å²) in [6, 6.07) is 10.2. The molecule has 0 bridgehead atoms. The molecule has 20 heavy (non-hydrogen) atoms. The van der Waals surface area contributed by atoms with Gasteiger partial charge < -0.3 is 15.0 Å². The molecule has 1 aliphatic heterocycles. The summed E-state index contributed by atoms with van der Waals surface area (Å²) in [5.74, 6) is 0.931. The molecule has 3 rings (SSSR count). The van der Waals surface area contributed by atoms with Gasteiger partial charge in [-0.25, -0.2) is 0 Å². The first-order chi connectivity index (χ1) is 9.83. The van der Waals surface area contributed by atoms with E-state index < -0.39 is 0 Å². The number of aryl methyl sites for hydroxylation is 1. The molecule has 1 aliphatic rings. The molecular formula is C15H20N4O. The predicted molar refractivity (Wildman–Crippen MR) is 79.1 cm³/mol. The van der Waals surface area contributed by atoms with E-state index in [1.54, 1.807) is 4.68 Å². The zero-order chi connectivity index (χ0) is 13.8. The number of hydrogen-bond acceptors (Lipinski definition) is 4. The van der Waals surface area contributed by atoms with E-state index in [2.05, 4.69) is 27.4 Å². The lowest BCUT2D eigenvalue weighted by Gasteiger charge is -2.30. The highest BCUT2D eigenvalue weighted by Gasteiger charge is 2.14. The van der Waals surface area contributed by atoms with Crippen LogP contribution in [0.2, 0.25) is 0 Å². The van der Waals surface area contributed by atoms with E-state index in [4.69, 9.17) is 4.74 Å². The van der Waals surface area contributed by atoms with Crippen LogP contribution in [0.25, 0.3) is 0 Å². The molecule has 0 unspecified atom stereocenters. The molecule has 1 N–H and O–H groups in total. The van der Waals surface area contributed by atoms with E-state index in [1.807, 2.05) is 31.4 Å². The van der Waals surface area contributed by atoms with E-state index in [-0.39, 0.29) is 0 Å². The van der Waals surface area contributed by atoms with Crippen LogP contribution in [0.1, 0.15) is 5.69 Å². The van der Waals surface area contributed by atoms with Crippen LogP contribution in [0.15, 0.2) is 36.5 Å². The van der Waals surface area contributed by atoms with Gasteiger partial charge in [0.05, 0.1) is 11.4 Å². The molecule has 2 heterocycles. The number of para-hydroxylation sites is 2. The number of aromatic nitrogens is 2. The number of nitrogens with one attached hydrogen (secondary N) is 1. The summed E-state index contributed by atoms with van der Waals surface area (Å²) in [4.78, 5) is 2.37. The van der Waals surface area contributed by atoms with Crippen LogP contribution in [0.4, 0.5) is 5.69 Å². The third-order valence-electron chi connectivity index (χ3n) is 3.47. The summed E-state index contributed by atoms with van der Waals surface area (Å²) < 4.78 is 7.74. The van der Waals surface area contributed by atoms with Crippen LogP contribution in [0.3, 0.4) is 0 Å². The number of hydrogen-bond donors (Lipinski definition) is 1. The average Bonchev–Trinajstić information content (AvgIpc) is 2.92. The summed E-state index contributed by atoms with van der Waals surface area (Å²) in [5.41, 5.74) is 2.12. The Bertz CT molecular complexity index is 561. The largest absolute Gasteiger partial charge is 0.485 e. The normalized spacial score (nSPS) is 15.3. The molecule has 1 aromatic heterocycles. The number of rotatable bonds is 4. The Morgan fingerprint density at radius 1 is 1.20 bits per heavy atom. The lowest BCUT2D eigenvalue weighted by atomic mass is 10.2. The fraction of sp³-hybridized carbons (Fsp3) is 0.400. The van der Waals surface area contributed by atoms with Crippen molar-refractivity contribution in [2.45, 2.75) is 6.61 Å². The van der Waals surface area contributed by atoms with Crippen molar-refractivity contribution in [2.24, 2.45) is 7.05 Å². The van der Waals surface area contributed by atoms with Gasteiger partial charge in [0.2, 0.25) is 0 Å². The van der Waals surface area contributed by atoms with Crippen molar-refractivity contribution in [3.63, 3.8) is 0 Å². The van der Waals surface area contributed by atoms with E-state index in [9.17, 15) is 0 Å². The first-order valence-electron chi connectivity index (χ1n) is 6.99. The molecule has 0 spiro atoms. The second kappa shape index (κ2) is 5.96. The smallest absolute Gasteiger partial charge is 0.143 e. The zero-order valence-corrected chi connectivity index (χ0v) is 11.7. The summed E-state index contributed by atoms with van der Waals surface area (Å²) in [7, 11) is 1.91. The van der Waals surface area contributed by atoms with E-state index in [0.29, 0.717) is 6.61 Å². The van der Waals surface area contributed by atoms with E-state index in [0.717, 1.165) is 37.6 Å². The van der Waals surface area contributed by atoms with Gasteiger partial charge in [0, 0.05) is 39.4 Å². The zero-order valence-electron chi connectivity index (χ0n) is 11.7. The highest BCUT2D eigenvalue weighted by atomic mass is 16.5. The summed E-state index contributed by atoms with van der Waals surface area (Å²) in [5, 5.41) is 7.71. The van der Waals surface area contributed by atoms with Gasteiger partial charge in [-0.1, -0.05) is 12.1 Å². The summed E-state index contributed by atoms with van der Waals surface area (Å²) in [6.07, 6.45) is 1.93. The monoisotopic (exact) mass is 272 g/mol. The van der Waals surface area contributed by atoms with Crippen molar-refractivity contribution in [2.75, 3.05) is 31.1 Å². The van der Waals surface area contributed by atoms with Crippen molar-refractivity contribution in [3.8, 4) is 5.75 Å². The Kier molecular flexibility index (Phi) is 3.87. The molecular weight excluding hydrogens is 252 g/mol. The van der Waals surface area contributed by atoms with Crippen LogP contribution in [0.5, 0.6) is 5.75 Å². The molecule has 5 heteroatoms. The van der Waals surface area contributed by atoms with Gasteiger partial charge in [-0.05, 0) is 18.2 Å². The molecule has 1 saturated heterocycles. The number of ether oxygens (including phenoxy) is 1. The maximum atomic E-state index is 5.95. The maximum Gasteiger partial charge on any atom is 0.143 e. The number of benzene rings is 1. The van der Waals surface area contributed by atoms with Gasteiger partial charge in [0.25, 0.3) is 0 Å². The van der Waals surface area contributed by atoms with Gasteiger partial charge in [-0.2, -0.15) is 5.10 Å². The first-order valence-corrected chi connectivity index (χ1v) is 6.99. The van der Waals surface area contributed by atoms with Crippen LogP contribution in [-0.4, -0.2) is 36.0 Å². The Morgan fingerprint density at radius 2 is 2.00 bits per heavy atom. The van der Waals surface area contributed by atoms with Crippen molar-refractivity contribution < 1.29 is 4.74 Å². The Balaban J connectivity index is 1.72. The van der Waals surface area contributed by atoms with Crippen molar-refractivity contribution in [1.29, 1.82) is 0 Å². The lowest BCUT2D eigenvalue weighted by molar-refractivity contribution is 0.300. The Hall–Kier alpha value is -2.01. The summed E-state index contributed by atoms with van der Waals surface area (Å²) >= 11 is 0. The maximum absolute atomic E-state index is 5.95. The third-order valence-corrected chi connectivity index (χ3v) is 3.47. The third kappa shape index (κ3) is 2.93. The second-order valence-electron chi connectivity index (χ2n) is 4.97. The standard InChI is InChI=1S/C15H20N4O/c1-18-9-6-13(17-18)12-20-15-5-3-2-4-14(15)19-10-7-16-8-11-19/h2-6,9,16H,7-8,10-12H2,1H3. The minimum absolute atomic E-state index is 0.504. The molecule has 0 radical (unpaired) electrons. The molecule has 5 nitrogen and oxygen atoms in total. The van der Waals surface area contributed by atoms with Crippen molar-refractivity contribution in [1.82, 2.24) is 15.1 Å². The molecule has 1 aromatic carbocycles. The SMILES string of the molecule is Cn1ccc(COc2ccccc2N2CCNCC2)n1. The van der Waals surface area contributed by atoms with Crippen LogP contribution in [-0.2, 0) is 13.7 Å². The molecule has 0 aliphatic carbocycles. The second-order valence-corrected chi connectivity index (χ2v) is 4.97. The fourth-order valence-corrected chi connectivity index (χ4v) is 2.44. The molecule has 0 saturated carbocycles.